The highest BCUT2D eigenvalue weighted by Gasteiger charge is 2.39. The first-order valence-corrected chi connectivity index (χ1v) is 5.58. The number of Topliss-reactive ketones (excluding diaryl/α,β-unsaturated/α-hetero) is 1. The van der Waals surface area contributed by atoms with E-state index >= 15 is 0 Å². The van der Waals surface area contributed by atoms with Gasteiger partial charge in [-0.3, -0.25) is 4.79 Å². The normalized spacial score (nSPS) is 18.3. The summed E-state index contributed by atoms with van der Waals surface area (Å²) in [5.41, 5.74) is -0.505. The molecule has 0 saturated carbocycles. The van der Waals surface area contributed by atoms with Crippen molar-refractivity contribution in [1.29, 1.82) is 0 Å². The molecule has 0 spiro atoms. The van der Waals surface area contributed by atoms with Gasteiger partial charge in [0.05, 0.1) is 11.5 Å². The van der Waals surface area contributed by atoms with Crippen molar-refractivity contribution in [3.05, 3.63) is 0 Å². The molecular weight excluding hydrogens is 192 g/mol. The summed E-state index contributed by atoms with van der Waals surface area (Å²) in [7, 11) is 0. The van der Waals surface area contributed by atoms with Gasteiger partial charge < -0.3 is 9.84 Å². The molecule has 3 nitrogen and oxygen atoms in total. The summed E-state index contributed by atoms with van der Waals surface area (Å²) in [4.78, 5) is 11.6. The van der Waals surface area contributed by atoms with Crippen LogP contribution in [0, 0.1) is 5.41 Å². The van der Waals surface area contributed by atoms with Crippen LogP contribution in [0.2, 0.25) is 0 Å². The van der Waals surface area contributed by atoms with Gasteiger partial charge in [0.1, 0.15) is 5.78 Å². The van der Waals surface area contributed by atoms with Gasteiger partial charge in [0.25, 0.3) is 0 Å². The number of ether oxygens (including phenoxy) is 1. The zero-order chi connectivity index (χ0) is 12.3. The highest BCUT2D eigenvalue weighted by atomic mass is 16.6. The van der Waals surface area contributed by atoms with Gasteiger partial charge in [0, 0.05) is 0 Å². The third kappa shape index (κ3) is 3.92. The number of ketones is 1. The summed E-state index contributed by atoms with van der Waals surface area (Å²) >= 11 is 0. The number of carbonyl (C=O) groups excluding carboxylic acids is 1. The Kier molecular flexibility index (Phi) is 4.94. The van der Waals surface area contributed by atoms with Crippen LogP contribution >= 0.6 is 0 Å². The fraction of sp³-hybridized carbons (Fsp3) is 0.917. The molecule has 0 bridgehead atoms. The van der Waals surface area contributed by atoms with E-state index in [2.05, 4.69) is 0 Å². The molecule has 3 heteroatoms. The zero-order valence-electron chi connectivity index (χ0n) is 10.8. The molecule has 0 fully saturated rings. The maximum atomic E-state index is 11.6. The summed E-state index contributed by atoms with van der Waals surface area (Å²) in [5, 5.41) is 9.63. The molecule has 1 N–H and O–H groups in total. The molecule has 15 heavy (non-hydrogen) atoms. The van der Waals surface area contributed by atoms with Crippen LogP contribution in [0.15, 0.2) is 0 Å². The Hall–Kier alpha value is -0.410. The number of rotatable bonds is 6. The molecule has 0 rings (SSSR count). The maximum absolute atomic E-state index is 11.6. The number of carbonyl (C=O) groups is 1. The van der Waals surface area contributed by atoms with Gasteiger partial charge >= 0.3 is 0 Å². The van der Waals surface area contributed by atoms with Crippen LogP contribution in [0.5, 0.6) is 0 Å². The average molecular weight is 216 g/mol. The second-order valence-electron chi connectivity index (χ2n) is 4.79. The summed E-state index contributed by atoms with van der Waals surface area (Å²) in [6.45, 7) is 10.6. The lowest BCUT2D eigenvalue weighted by Crippen LogP contribution is -2.44. The first-order valence-electron chi connectivity index (χ1n) is 5.58. The number of aliphatic hydroxyl groups is 1. The van der Waals surface area contributed by atoms with Crippen molar-refractivity contribution in [2.24, 2.45) is 5.41 Å². The van der Waals surface area contributed by atoms with Gasteiger partial charge in [-0.1, -0.05) is 20.8 Å². The third-order valence-electron chi connectivity index (χ3n) is 3.05. The smallest absolute Gasteiger partial charge is 0.160 e. The molecule has 0 saturated heterocycles. The van der Waals surface area contributed by atoms with Crippen molar-refractivity contribution in [3.8, 4) is 0 Å². The van der Waals surface area contributed by atoms with E-state index in [1.807, 2.05) is 20.8 Å². The standard InChI is InChI=1S/C12H24O3/c1-7-10(15-11(4,5)14)12(6,8-2)9(3)13/h10,14H,7-8H2,1-6H3. The summed E-state index contributed by atoms with van der Waals surface area (Å²) in [6.07, 6.45) is 1.20. The first kappa shape index (κ1) is 14.6. The van der Waals surface area contributed by atoms with Crippen molar-refractivity contribution >= 4 is 5.78 Å². The summed E-state index contributed by atoms with van der Waals surface area (Å²) < 4.78 is 5.54. The van der Waals surface area contributed by atoms with E-state index in [-0.39, 0.29) is 11.9 Å². The Morgan fingerprint density at radius 3 is 2.00 bits per heavy atom. The lowest BCUT2D eigenvalue weighted by atomic mass is 9.77. The zero-order valence-corrected chi connectivity index (χ0v) is 10.8. The number of hydrogen-bond acceptors (Lipinski definition) is 3. The van der Waals surface area contributed by atoms with Crippen LogP contribution in [0.4, 0.5) is 0 Å². The molecular formula is C12H24O3. The molecule has 0 aromatic rings. The molecule has 2 unspecified atom stereocenters. The van der Waals surface area contributed by atoms with Gasteiger partial charge in [-0.15, -0.1) is 0 Å². The summed E-state index contributed by atoms with van der Waals surface area (Å²) in [6, 6.07) is 0. The quantitative estimate of drug-likeness (QED) is 0.694. The van der Waals surface area contributed by atoms with Crippen molar-refractivity contribution in [2.75, 3.05) is 0 Å². The van der Waals surface area contributed by atoms with Gasteiger partial charge in [-0.05, 0) is 33.6 Å². The molecule has 0 aromatic carbocycles. The second kappa shape index (κ2) is 5.08. The Morgan fingerprint density at radius 1 is 1.33 bits per heavy atom. The predicted octanol–water partition coefficient (Wildman–Crippen LogP) is 2.52. The predicted molar refractivity (Wildman–Crippen MR) is 60.5 cm³/mol. The van der Waals surface area contributed by atoms with E-state index in [0.717, 1.165) is 6.42 Å². The van der Waals surface area contributed by atoms with Crippen LogP contribution in [0.1, 0.15) is 54.4 Å². The van der Waals surface area contributed by atoms with E-state index in [1.54, 1.807) is 20.8 Å². The van der Waals surface area contributed by atoms with Gasteiger partial charge in [-0.25, -0.2) is 0 Å². The van der Waals surface area contributed by atoms with Crippen LogP contribution in [0.3, 0.4) is 0 Å². The summed E-state index contributed by atoms with van der Waals surface area (Å²) in [5.74, 6) is -1.08. The molecule has 0 aliphatic carbocycles. The lowest BCUT2D eigenvalue weighted by molar-refractivity contribution is -0.228. The highest BCUT2D eigenvalue weighted by Crippen LogP contribution is 2.33. The van der Waals surface area contributed by atoms with Crippen molar-refractivity contribution < 1.29 is 14.6 Å². The van der Waals surface area contributed by atoms with Crippen LogP contribution < -0.4 is 0 Å². The van der Waals surface area contributed by atoms with Crippen LogP contribution in [0.25, 0.3) is 0 Å². The Morgan fingerprint density at radius 2 is 1.80 bits per heavy atom. The molecule has 0 aromatic heterocycles. The minimum Gasteiger partial charge on any atom is -0.366 e. The molecule has 0 radical (unpaired) electrons. The van der Waals surface area contributed by atoms with E-state index in [9.17, 15) is 9.90 Å². The highest BCUT2D eigenvalue weighted by molar-refractivity contribution is 5.82. The second-order valence-corrected chi connectivity index (χ2v) is 4.79. The first-order chi connectivity index (χ1) is 6.67. The third-order valence-corrected chi connectivity index (χ3v) is 3.05. The topological polar surface area (TPSA) is 46.5 Å². The molecule has 2 atom stereocenters. The fourth-order valence-electron chi connectivity index (χ4n) is 1.72. The van der Waals surface area contributed by atoms with Crippen molar-refractivity contribution in [1.82, 2.24) is 0 Å². The largest absolute Gasteiger partial charge is 0.366 e. The minimum atomic E-state index is -1.19. The fourth-order valence-corrected chi connectivity index (χ4v) is 1.72. The Bertz CT molecular complexity index is 217. The monoisotopic (exact) mass is 216 g/mol. The van der Waals surface area contributed by atoms with Crippen molar-refractivity contribution in [2.45, 2.75) is 66.3 Å². The molecule has 0 heterocycles. The molecule has 90 valence electrons. The Labute approximate surface area is 92.8 Å². The van der Waals surface area contributed by atoms with E-state index in [1.165, 1.54) is 0 Å². The molecule has 0 aliphatic rings. The van der Waals surface area contributed by atoms with E-state index in [4.69, 9.17) is 4.74 Å². The lowest BCUT2D eigenvalue weighted by Gasteiger charge is -2.37. The van der Waals surface area contributed by atoms with E-state index in [0.29, 0.717) is 6.42 Å². The molecule has 0 aliphatic heterocycles. The van der Waals surface area contributed by atoms with E-state index < -0.39 is 11.2 Å². The SMILES string of the molecule is CCC(OC(C)(C)O)C(C)(CC)C(C)=O. The van der Waals surface area contributed by atoms with Crippen LogP contribution in [-0.2, 0) is 9.53 Å². The van der Waals surface area contributed by atoms with Crippen molar-refractivity contribution in [3.63, 3.8) is 0 Å². The minimum absolute atomic E-state index is 0.112. The van der Waals surface area contributed by atoms with Gasteiger partial charge in [0.2, 0.25) is 0 Å². The van der Waals surface area contributed by atoms with Crippen LogP contribution in [-0.4, -0.2) is 22.8 Å². The average Bonchev–Trinajstić information content (AvgIpc) is 2.11. The molecule has 0 amide bonds. The van der Waals surface area contributed by atoms with Gasteiger partial charge in [-0.2, -0.15) is 0 Å². The Balaban J connectivity index is 4.85. The van der Waals surface area contributed by atoms with Gasteiger partial charge in [0.15, 0.2) is 5.79 Å². The number of hydrogen-bond donors (Lipinski definition) is 1. The maximum Gasteiger partial charge on any atom is 0.160 e.